The van der Waals surface area contributed by atoms with Crippen LogP contribution in [0.4, 0.5) is 0 Å². The quantitative estimate of drug-likeness (QED) is 0.650. The van der Waals surface area contributed by atoms with Crippen molar-refractivity contribution in [2.75, 3.05) is 33.3 Å². The number of furan rings is 1. The van der Waals surface area contributed by atoms with Crippen molar-refractivity contribution in [3.63, 3.8) is 0 Å². The number of carbonyl (C=O) groups is 1. The van der Waals surface area contributed by atoms with Gasteiger partial charge < -0.3 is 19.4 Å². The van der Waals surface area contributed by atoms with Crippen LogP contribution in [0.2, 0.25) is 0 Å². The molecule has 1 aromatic carbocycles. The third kappa shape index (κ3) is 5.94. The second kappa shape index (κ2) is 10.4. The van der Waals surface area contributed by atoms with Gasteiger partial charge in [0.05, 0.1) is 23.7 Å². The van der Waals surface area contributed by atoms with Gasteiger partial charge in [-0.05, 0) is 75.3 Å². The van der Waals surface area contributed by atoms with Gasteiger partial charge in [-0.15, -0.1) is 0 Å². The van der Waals surface area contributed by atoms with Crippen LogP contribution in [0.5, 0.6) is 5.75 Å². The molecule has 3 rings (SSSR count). The molecule has 7 heteroatoms. The van der Waals surface area contributed by atoms with Crippen molar-refractivity contribution in [2.24, 2.45) is 0 Å². The summed E-state index contributed by atoms with van der Waals surface area (Å²) < 4.78 is 23.2. The number of hydrogen-bond donors (Lipinski definition) is 1. The van der Waals surface area contributed by atoms with Crippen molar-refractivity contribution in [1.82, 2.24) is 10.2 Å². The highest BCUT2D eigenvalue weighted by atomic mass is 32.2. The van der Waals surface area contributed by atoms with E-state index in [0.29, 0.717) is 17.2 Å². The minimum atomic E-state index is -1.24. The third-order valence-electron chi connectivity index (χ3n) is 4.87. The number of benzene rings is 1. The topological polar surface area (TPSA) is 71.8 Å². The molecule has 1 aliphatic rings. The molecule has 1 N–H and O–H groups in total. The van der Waals surface area contributed by atoms with Crippen LogP contribution in [0.3, 0.4) is 0 Å². The van der Waals surface area contributed by atoms with Crippen LogP contribution in [0, 0.1) is 0 Å². The van der Waals surface area contributed by atoms with Gasteiger partial charge in [-0.1, -0.05) is 6.42 Å². The summed E-state index contributed by atoms with van der Waals surface area (Å²) in [5.74, 6) is 1.53. The highest BCUT2D eigenvalue weighted by molar-refractivity contribution is 7.84. The fourth-order valence-corrected chi connectivity index (χ4v) is 4.31. The molecule has 0 saturated carbocycles. The van der Waals surface area contributed by atoms with Gasteiger partial charge in [0.2, 0.25) is 0 Å². The van der Waals surface area contributed by atoms with Crippen LogP contribution in [-0.4, -0.2) is 48.3 Å². The first kappa shape index (κ1) is 20.6. The Morgan fingerprint density at radius 2 is 1.89 bits per heavy atom. The zero-order valence-electron chi connectivity index (χ0n) is 16.3. The lowest BCUT2D eigenvalue weighted by atomic mass is 10.1. The molecule has 2 aromatic rings. The number of piperidine rings is 1. The number of methoxy groups -OCH3 is 1. The normalized spacial score (nSPS) is 15.9. The van der Waals surface area contributed by atoms with E-state index in [1.165, 1.54) is 32.4 Å². The standard InChI is InChI=1S/C21H28N2O4S/c1-26-17-6-9-19(10-7-17)28(25)16-18-8-11-20(27-18)21(24)22-12-5-15-23-13-3-2-4-14-23/h6-11H,2-5,12-16H2,1H3,(H,22,24)/t28-/m1/s1. The molecule has 6 nitrogen and oxygen atoms in total. The highest BCUT2D eigenvalue weighted by Crippen LogP contribution is 2.18. The van der Waals surface area contributed by atoms with Gasteiger partial charge in [-0.25, -0.2) is 0 Å². The van der Waals surface area contributed by atoms with Gasteiger partial charge >= 0.3 is 0 Å². The van der Waals surface area contributed by atoms with Crippen molar-refractivity contribution in [3.05, 3.63) is 47.9 Å². The molecule has 0 spiro atoms. The first-order valence-corrected chi connectivity index (χ1v) is 11.1. The maximum Gasteiger partial charge on any atom is 0.286 e. The predicted octanol–water partition coefficient (Wildman–Crippen LogP) is 3.20. The van der Waals surface area contributed by atoms with Gasteiger partial charge in [0.1, 0.15) is 11.5 Å². The summed E-state index contributed by atoms with van der Waals surface area (Å²) in [5.41, 5.74) is 0. The summed E-state index contributed by atoms with van der Waals surface area (Å²) in [4.78, 5) is 15.4. The van der Waals surface area contributed by atoms with Crippen molar-refractivity contribution in [3.8, 4) is 5.75 Å². The third-order valence-corrected chi connectivity index (χ3v) is 6.21. The molecule has 1 saturated heterocycles. The molecule has 1 atom stereocenters. The zero-order chi connectivity index (χ0) is 19.8. The second-order valence-corrected chi connectivity index (χ2v) is 8.39. The summed E-state index contributed by atoms with van der Waals surface area (Å²) >= 11 is 0. The Labute approximate surface area is 168 Å². The van der Waals surface area contributed by atoms with Gasteiger partial charge in [0, 0.05) is 11.4 Å². The lowest BCUT2D eigenvalue weighted by molar-refractivity contribution is 0.0922. The predicted molar refractivity (Wildman–Crippen MR) is 109 cm³/mol. The van der Waals surface area contributed by atoms with Crippen LogP contribution >= 0.6 is 0 Å². The van der Waals surface area contributed by atoms with E-state index < -0.39 is 10.8 Å². The molecule has 28 heavy (non-hydrogen) atoms. The minimum Gasteiger partial charge on any atom is -0.497 e. The smallest absolute Gasteiger partial charge is 0.286 e. The zero-order valence-corrected chi connectivity index (χ0v) is 17.1. The summed E-state index contributed by atoms with van der Waals surface area (Å²) in [6, 6.07) is 10.4. The molecule has 2 heterocycles. The monoisotopic (exact) mass is 404 g/mol. The van der Waals surface area contributed by atoms with Crippen molar-refractivity contribution in [1.29, 1.82) is 0 Å². The molecule has 0 radical (unpaired) electrons. The van der Waals surface area contributed by atoms with Crippen LogP contribution in [0.1, 0.15) is 42.0 Å². The molecular formula is C21H28N2O4S. The Bertz CT molecular complexity index is 782. The minimum absolute atomic E-state index is 0.222. The maximum atomic E-state index is 12.5. The molecule has 1 aromatic heterocycles. The Morgan fingerprint density at radius 1 is 1.14 bits per heavy atom. The number of amides is 1. The van der Waals surface area contributed by atoms with E-state index in [9.17, 15) is 9.00 Å². The fraction of sp³-hybridized carbons (Fsp3) is 0.476. The SMILES string of the molecule is COc1ccc([S@](=O)Cc2ccc(C(=O)NCCCN3CCCCC3)o2)cc1. The molecular weight excluding hydrogens is 376 g/mol. The van der Waals surface area contributed by atoms with Gasteiger partial charge in [0.25, 0.3) is 5.91 Å². The number of rotatable bonds is 9. The summed E-state index contributed by atoms with van der Waals surface area (Å²) in [7, 11) is 0.351. The van der Waals surface area contributed by atoms with Crippen molar-refractivity contribution >= 4 is 16.7 Å². The first-order chi connectivity index (χ1) is 13.7. The van der Waals surface area contributed by atoms with E-state index in [1.54, 1.807) is 43.5 Å². The Morgan fingerprint density at radius 3 is 2.61 bits per heavy atom. The van der Waals surface area contributed by atoms with E-state index >= 15 is 0 Å². The van der Waals surface area contributed by atoms with E-state index in [2.05, 4.69) is 10.2 Å². The average Bonchev–Trinajstić information content (AvgIpc) is 3.20. The van der Waals surface area contributed by atoms with Crippen LogP contribution < -0.4 is 10.1 Å². The second-order valence-electron chi connectivity index (χ2n) is 6.94. The number of nitrogens with zero attached hydrogens (tertiary/aromatic N) is 1. The maximum absolute atomic E-state index is 12.5. The number of likely N-dealkylation sites (tertiary alicyclic amines) is 1. The molecule has 1 fully saturated rings. The summed E-state index contributed by atoms with van der Waals surface area (Å²) in [6.07, 6.45) is 4.82. The lowest BCUT2D eigenvalue weighted by Crippen LogP contribution is -2.33. The van der Waals surface area contributed by atoms with E-state index in [4.69, 9.17) is 9.15 Å². The lowest BCUT2D eigenvalue weighted by Gasteiger charge is -2.26. The number of hydrogen-bond acceptors (Lipinski definition) is 5. The molecule has 0 bridgehead atoms. The Kier molecular flexibility index (Phi) is 7.68. The van der Waals surface area contributed by atoms with Gasteiger partial charge in [-0.3, -0.25) is 9.00 Å². The molecule has 0 aliphatic carbocycles. The van der Waals surface area contributed by atoms with Crippen molar-refractivity contribution in [2.45, 2.75) is 36.3 Å². The average molecular weight is 405 g/mol. The Balaban J connectivity index is 1.43. The van der Waals surface area contributed by atoms with Gasteiger partial charge in [0.15, 0.2) is 5.76 Å². The largest absolute Gasteiger partial charge is 0.497 e. The fourth-order valence-electron chi connectivity index (χ4n) is 3.29. The van der Waals surface area contributed by atoms with Gasteiger partial charge in [-0.2, -0.15) is 0 Å². The van der Waals surface area contributed by atoms with Crippen LogP contribution in [-0.2, 0) is 16.6 Å². The first-order valence-electron chi connectivity index (χ1n) is 9.77. The van der Waals surface area contributed by atoms with E-state index in [-0.39, 0.29) is 17.4 Å². The summed E-state index contributed by atoms with van der Waals surface area (Å²) in [5, 5.41) is 2.90. The number of nitrogens with one attached hydrogen (secondary N) is 1. The molecule has 1 amide bonds. The van der Waals surface area contributed by atoms with E-state index in [1.807, 2.05) is 0 Å². The number of carbonyl (C=O) groups excluding carboxylic acids is 1. The highest BCUT2D eigenvalue weighted by Gasteiger charge is 2.14. The van der Waals surface area contributed by atoms with Crippen LogP contribution in [0.15, 0.2) is 45.7 Å². The molecule has 0 unspecified atom stereocenters. The Hall–Kier alpha value is -2.12. The van der Waals surface area contributed by atoms with Crippen molar-refractivity contribution < 1.29 is 18.2 Å². The number of ether oxygens (including phenoxy) is 1. The molecule has 1 aliphatic heterocycles. The molecule has 152 valence electrons. The van der Waals surface area contributed by atoms with Crippen LogP contribution in [0.25, 0.3) is 0 Å². The van der Waals surface area contributed by atoms with E-state index in [0.717, 1.165) is 18.7 Å². The summed E-state index contributed by atoms with van der Waals surface area (Å²) in [6.45, 7) is 3.98.